The van der Waals surface area contributed by atoms with Crippen molar-refractivity contribution in [1.82, 2.24) is 9.97 Å². The van der Waals surface area contributed by atoms with E-state index in [4.69, 9.17) is 4.74 Å². The average Bonchev–Trinajstić information content (AvgIpc) is 2.37. The van der Waals surface area contributed by atoms with Gasteiger partial charge in [-0.15, -0.1) is 0 Å². The van der Waals surface area contributed by atoms with Crippen molar-refractivity contribution in [3.8, 4) is 5.88 Å². The Morgan fingerprint density at radius 1 is 1.39 bits per heavy atom. The second kappa shape index (κ2) is 5.87. The van der Waals surface area contributed by atoms with Gasteiger partial charge >= 0.3 is 0 Å². The fourth-order valence-corrected chi connectivity index (χ4v) is 2.87. The summed E-state index contributed by atoms with van der Waals surface area (Å²) in [6.07, 6.45) is 5.51. The molecule has 1 aromatic heterocycles. The number of nitrogens with one attached hydrogen (secondary N) is 1. The lowest BCUT2D eigenvalue weighted by Gasteiger charge is -2.34. The molecule has 3 atom stereocenters. The van der Waals surface area contributed by atoms with E-state index in [2.05, 4.69) is 45.1 Å². The number of rotatable bonds is 3. The molecule has 0 spiro atoms. The normalized spacial score (nSPS) is 27.9. The molecule has 18 heavy (non-hydrogen) atoms. The van der Waals surface area contributed by atoms with Crippen LogP contribution in [0.2, 0.25) is 0 Å². The van der Waals surface area contributed by atoms with E-state index in [-0.39, 0.29) is 0 Å². The van der Waals surface area contributed by atoms with Crippen molar-refractivity contribution < 1.29 is 4.74 Å². The zero-order valence-electron chi connectivity index (χ0n) is 11.1. The number of halogens is 1. The minimum absolute atomic E-state index is 0.458. The Balaban J connectivity index is 2.09. The summed E-state index contributed by atoms with van der Waals surface area (Å²) >= 11 is 3.36. The molecular formula is C13H20BrN3O. The van der Waals surface area contributed by atoms with Crippen LogP contribution in [0.15, 0.2) is 10.7 Å². The van der Waals surface area contributed by atoms with Gasteiger partial charge in [-0.2, -0.15) is 4.98 Å². The Morgan fingerprint density at radius 2 is 2.17 bits per heavy atom. The van der Waals surface area contributed by atoms with Crippen LogP contribution in [0.25, 0.3) is 0 Å². The molecule has 0 saturated heterocycles. The third-order valence-corrected chi connectivity index (χ3v) is 4.47. The van der Waals surface area contributed by atoms with E-state index in [0.29, 0.717) is 23.8 Å². The van der Waals surface area contributed by atoms with Gasteiger partial charge in [-0.25, -0.2) is 4.98 Å². The van der Waals surface area contributed by atoms with E-state index in [0.717, 1.165) is 10.4 Å². The van der Waals surface area contributed by atoms with Crippen LogP contribution < -0.4 is 10.1 Å². The van der Waals surface area contributed by atoms with Crippen LogP contribution in [0.5, 0.6) is 5.88 Å². The highest BCUT2D eigenvalue weighted by Crippen LogP contribution is 2.31. The van der Waals surface area contributed by atoms with Crippen molar-refractivity contribution in [3.63, 3.8) is 0 Å². The van der Waals surface area contributed by atoms with Gasteiger partial charge in [0.2, 0.25) is 11.8 Å². The second-order valence-corrected chi connectivity index (χ2v) is 5.92. The first-order valence-electron chi connectivity index (χ1n) is 6.45. The molecule has 0 aromatic carbocycles. The molecule has 1 fully saturated rings. The van der Waals surface area contributed by atoms with Crippen molar-refractivity contribution in [2.75, 3.05) is 12.4 Å². The van der Waals surface area contributed by atoms with Crippen molar-refractivity contribution in [1.29, 1.82) is 0 Å². The van der Waals surface area contributed by atoms with E-state index in [1.54, 1.807) is 13.3 Å². The molecule has 1 aliphatic carbocycles. The Kier molecular flexibility index (Phi) is 4.43. The van der Waals surface area contributed by atoms with Gasteiger partial charge in [0.25, 0.3) is 0 Å². The molecule has 1 aromatic rings. The van der Waals surface area contributed by atoms with Crippen LogP contribution in [0.3, 0.4) is 0 Å². The molecule has 2 rings (SSSR count). The highest BCUT2D eigenvalue weighted by Gasteiger charge is 2.27. The Hall–Kier alpha value is -0.840. The molecule has 1 aliphatic rings. The number of hydrogen-bond donors (Lipinski definition) is 1. The predicted molar refractivity (Wildman–Crippen MR) is 75.9 cm³/mol. The van der Waals surface area contributed by atoms with Crippen LogP contribution in [-0.4, -0.2) is 23.1 Å². The smallest absolute Gasteiger partial charge is 0.232 e. The number of aromatic nitrogens is 2. The predicted octanol–water partition coefficient (Wildman–Crippen LogP) is 3.48. The molecule has 0 bridgehead atoms. The number of hydrogen-bond acceptors (Lipinski definition) is 4. The topological polar surface area (TPSA) is 47.0 Å². The minimum Gasteiger partial charge on any atom is -0.480 e. The summed E-state index contributed by atoms with van der Waals surface area (Å²) in [5.74, 6) is 2.63. The minimum atomic E-state index is 0.458. The first-order chi connectivity index (χ1) is 8.61. The Morgan fingerprint density at radius 3 is 2.89 bits per heavy atom. The lowest BCUT2D eigenvalue weighted by Crippen LogP contribution is -2.35. The second-order valence-electron chi connectivity index (χ2n) is 5.07. The number of ether oxygens (including phenoxy) is 1. The first kappa shape index (κ1) is 13.6. The van der Waals surface area contributed by atoms with Gasteiger partial charge in [-0.05, 0) is 34.2 Å². The van der Waals surface area contributed by atoms with Crippen LogP contribution in [0.4, 0.5) is 5.95 Å². The summed E-state index contributed by atoms with van der Waals surface area (Å²) in [6, 6.07) is 0.458. The van der Waals surface area contributed by atoms with Gasteiger partial charge in [0, 0.05) is 6.04 Å². The SMILES string of the molecule is COc1nc(NC2CCCC(C)C2C)ncc1Br. The summed E-state index contributed by atoms with van der Waals surface area (Å²) in [7, 11) is 1.61. The van der Waals surface area contributed by atoms with Gasteiger partial charge in [0.1, 0.15) is 0 Å². The summed E-state index contributed by atoms with van der Waals surface area (Å²) in [4.78, 5) is 8.64. The van der Waals surface area contributed by atoms with Crippen LogP contribution in [0, 0.1) is 11.8 Å². The third-order valence-electron chi connectivity index (χ3n) is 3.93. The van der Waals surface area contributed by atoms with E-state index in [1.807, 2.05) is 0 Å². The zero-order valence-corrected chi connectivity index (χ0v) is 12.7. The molecule has 0 aliphatic heterocycles. The first-order valence-corrected chi connectivity index (χ1v) is 7.24. The maximum absolute atomic E-state index is 5.18. The average molecular weight is 314 g/mol. The summed E-state index contributed by atoms with van der Waals surface area (Å²) in [5, 5.41) is 3.44. The molecule has 5 heteroatoms. The van der Waals surface area contributed by atoms with Gasteiger partial charge in [0.15, 0.2) is 0 Å². The Labute approximate surface area is 117 Å². The highest BCUT2D eigenvalue weighted by atomic mass is 79.9. The van der Waals surface area contributed by atoms with Gasteiger partial charge in [0.05, 0.1) is 17.8 Å². The van der Waals surface area contributed by atoms with E-state index < -0.39 is 0 Å². The Bertz CT molecular complexity index is 413. The fourth-order valence-electron chi connectivity index (χ4n) is 2.52. The summed E-state index contributed by atoms with van der Waals surface area (Å²) in [6.45, 7) is 4.62. The van der Waals surface area contributed by atoms with Crippen molar-refractivity contribution >= 4 is 21.9 Å². The van der Waals surface area contributed by atoms with Gasteiger partial charge < -0.3 is 10.1 Å². The lowest BCUT2D eigenvalue weighted by atomic mass is 9.78. The van der Waals surface area contributed by atoms with Crippen LogP contribution >= 0.6 is 15.9 Å². The van der Waals surface area contributed by atoms with Gasteiger partial charge in [-0.3, -0.25) is 0 Å². The maximum atomic E-state index is 5.18. The molecule has 3 unspecified atom stereocenters. The van der Waals surface area contributed by atoms with E-state index in [1.165, 1.54) is 19.3 Å². The van der Waals surface area contributed by atoms with Crippen molar-refractivity contribution in [3.05, 3.63) is 10.7 Å². The van der Waals surface area contributed by atoms with Crippen molar-refractivity contribution in [2.24, 2.45) is 11.8 Å². The number of anilines is 1. The molecule has 1 N–H and O–H groups in total. The quantitative estimate of drug-likeness (QED) is 0.928. The third kappa shape index (κ3) is 2.94. The molecule has 100 valence electrons. The largest absolute Gasteiger partial charge is 0.480 e. The van der Waals surface area contributed by atoms with E-state index in [9.17, 15) is 0 Å². The summed E-state index contributed by atoms with van der Waals surface area (Å²) < 4.78 is 5.96. The fraction of sp³-hybridized carbons (Fsp3) is 0.692. The number of nitrogens with zero attached hydrogens (tertiary/aromatic N) is 2. The zero-order chi connectivity index (χ0) is 13.1. The van der Waals surface area contributed by atoms with Gasteiger partial charge in [-0.1, -0.05) is 26.7 Å². The van der Waals surface area contributed by atoms with Crippen LogP contribution in [-0.2, 0) is 0 Å². The standard InChI is InChI=1S/C13H20BrN3O/c1-8-5-4-6-11(9(8)2)16-13-15-7-10(14)12(17-13)18-3/h7-9,11H,4-6H2,1-3H3,(H,15,16,17). The molecular weight excluding hydrogens is 294 g/mol. The number of methoxy groups -OCH3 is 1. The molecule has 1 heterocycles. The maximum Gasteiger partial charge on any atom is 0.232 e. The molecule has 0 radical (unpaired) electrons. The van der Waals surface area contributed by atoms with E-state index >= 15 is 0 Å². The molecule has 0 amide bonds. The highest BCUT2D eigenvalue weighted by molar-refractivity contribution is 9.10. The monoisotopic (exact) mass is 313 g/mol. The van der Waals surface area contributed by atoms with Crippen LogP contribution in [0.1, 0.15) is 33.1 Å². The molecule has 4 nitrogen and oxygen atoms in total. The van der Waals surface area contributed by atoms with Crippen molar-refractivity contribution in [2.45, 2.75) is 39.2 Å². The molecule has 1 saturated carbocycles. The lowest BCUT2D eigenvalue weighted by molar-refractivity contribution is 0.252. The summed E-state index contributed by atoms with van der Waals surface area (Å²) in [5.41, 5.74) is 0.